The van der Waals surface area contributed by atoms with Gasteiger partial charge in [-0.25, -0.2) is 13.9 Å². The van der Waals surface area contributed by atoms with Crippen LogP contribution in [0.5, 0.6) is 0 Å². The van der Waals surface area contributed by atoms with E-state index in [0.717, 1.165) is 23.7 Å². The Morgan fingerprint density at radius 3 is 2.39 bits per heavy atom. The van der Waals surface area contributed by atoms with Crippen molar-refractivity contribution < 1.29 is 36.9 Å². The minimum absolute atomic E-state index is 0.117. The van der Waals surface area contributed by atoms with Crippen molar-refractivity contribution in [2.24, 2.45) is 0 Å². The molecule has 1 aliphatic heterocycles. The Morgan fingerprint density at radius 1 is 1.15 bits per heavy atom. The van der Waals surface area contributed by atoms with Gasteiger partial charge in [-0.2, -0.15) is 18.3 Å². The lowest BCUT2D eigenvalue weighted by atomic mass is 9.73. The Morgan fingerprint density at radius 2 is 1.80 bits per heavy atom. The van der Waals surface area contributed by atoms with Gasteiger partial charge in [-0.15, -0.1) is 0 Å². The van der Waals surface area contributed by atoms with Crippen molar-refractivity contribution >= 4 is 25.1 Å². The standard InChI is InChI=1S/C29H37F4N3O4Si/c1-20(40-18-28(22-5-7-24(30)8-6-22)9-11-35(12-10-28)27(37)38)25-16-23(29(31,32)33)15-21-17-36(34-26(21)25)19-39-13-14-41(2,3)4/h5-8,15-17,20H,9-14,18-19H2,1-4H3,(H,37,38). The minimum Gasteiger partial charge on any atom is -0.465 e. The highest BCUT2D eigenvalue weighted by Crippen LogP contribution is 2.39. The summed E-state index contributed by atoms with van der Waals surface area (Å²) in [6, 6.07) is 9.13. The average molecular weight is 596 g/mol. The fourth-order valence-corrected chi connectivity index (χ4v) is 5.86. The number of nitrogens with zero attached hydrogens (tertiary/aromatic N) is 3. The topological polar surface area (TPSA) is 76.8 Å². The first-order chi connectivity index (χ1) is 19.2. The molecule has 12 heteroatoms. The van der Waals surface area contributed by atoms with Gasteiger partial charge in [0.05, 0.1) is 23.8 Å². The van der Waals surface area contributed by atoms with E-state index >= 15 is 0 Å². The molecular formula is C29H37F4N3O4Si. The summed E-state index contributed by atoms with van der Waals surface area (Å²) in [6.07, 6.45) is -3.92. The Kier molecular flexibility index (Phi) is 9.15. The highest BCUT2D eigenvalue weighted by Gasteiger charge is 2.39. The lowest BCUT2D eigenvalue weighted by molar-refractivity contribution is -0.137. The maximum atomic E-state index is 13.8. The van der Waals surface area contributed by atoms with Gasteiger partial charge in [0.15, 0.2) is 0 Å². The van der Waals surface area contributed by atoms with Gasteiger partial charge in [-0.1, -0.05) is 31.8 Å². The van der Waals surface area contributed by atoms with E-state index in [9.17, 15) is 27.5 Å². The molecule has 3 aromatic rings. The minimum atomic E-state index is -4.56. The van der Waals surface area contributed by atoms with Crippen LogP contribution in [-0.2, 0) is 27.8 Å². The van der Waals surface area contributed by atoms with Crippen molar-refractivity contribution in [2.45, 2.75) is 69.9 Å². The molecule has 0 spiro atoms. The third-order valence-corrected chi connectivity index (χ3v) is 9.43. The lowest BCUT2D eigenvalue weighted by Crippen LogP contribution is -2.47. The first kappa shape index (κ1) is 31.0. The van der Waals surface area contributed by atoms with Gasteiger partial charge in [-0.05, 0) is 55.6 Å². The van der Waals surface area contributed by atoms with Gasteiger partial charge in [0, 0.05) is 50.3 Å². The molecule has 1 aromatic heterocycles. The molecule has 224 valence electrons. The average Bonchev–Trinajstić information content (AvgIpc) is 3.32. The van der Waals surface area contributed by atoms with Crippen molar-refractivity contribution in [1.29, 1.82) is 0 Å². The summed E-state index contributed by atoms with van der Waals surface area (Å²) in [7, 11) is -1.29. The first-order valence-corrected chi connectivity index (χ1v) is 17.4. The number of amides is 1. The van der Waals surface area contributed by atoms with E-state index in [1.165, 1.54) is 21.7 Å². The maximum absolute atomic E-state index is 13.8. The summed E-state index contributed by atoms with van der Waals surface area (Å²) in [6.45, 7) is 9.72. The molecule has 2 heterocycles. The van der Waals surface area contributed by atoms with E-state index in [0.29, 0.717) is 35.9 Å². The molecule has 2 aromatic carbocycles. The fourth-order valence-electron chi connectivity index (χ4n) is 5.11. The molecule has 0 saturated carbocycles. The van der Waals surface area contributed by atoms with Crippen molar-refractivity contribution in [1.82, 2.24) is 14.7 Å². The van der Waals surface area contributed by atoms with Gasteiger partial charge < -0.3 is 19.5 Å². The normalized spacial score (nSPS) is 16.7. The predicted octanol–water partition coefficient (Wildman–Crippen LogP) is 7.30. The second kappa shape index (κ2) is 12.1. The van der Waals surface area contributed by atoms with E-state index in [4.69, 9.17) is 9.47 Å². The molecule has 7 nitrogen and oxygen atoms in total. The number of alkyl halides is 3. The summed E-state index contributed by atoms with van der Waals surface area (Å²) < 4.78 is 68.8. The molecule has 41 heavy (non-hydrogen) atoms. The SMILES string of the molecule is CC(OCC1(c2ccc(F)cc2)CCN(C(=O)O)CC1)c1cc(C(F)(F)F)cc2cn(COCC[Si](C)(C)C)nc12. The monoisotopic (exact) mass is 595 g/mol. The molecule has 1 fully saturated rings. The Hall–Kier alpha value is -2.96. The van der Waals surface area contributed by atoms with Crippen molar-refractivity contribution in [2.75, 3.05) is 26.3 Å². The largest absolute Gasteiger partial charge is 0.465 e. The molecule has 0 aliphatic carbocycles. The van der Waals surface area contributed by atoms with Crippen LogP contribution in [0.3, 0.4) is 0 Å². The summed E-state index contributed by atoms with van der Waals surface area (Å²) in [5.41, 5.74) is 0.0737. The van der Waals surface area contributed by atoms with E-state index in [1.54, 1.807) is 25.3 Å². The van der Waals surface area contributed by atoms with Crippen LogP contribution in [0, 0.1) is 5.82 Å². The maximum Gasteiger partial charge on any atom is 0.416 e. The number of piperidine rings is 1. The predicted molar refractivity (Wildman–Crippen MR) is 150 cm³/mol. The zero-order valence-corrected chi connectivity index (χ0v) is 24.8. The van der Waals surface area contributed by atoms with Crippen LogP contribution in [-0.4, -0.2) is 60.3 Å². The number of hydrogen-bond donors (Lipinski definition) is 1. The lowest BCUT2D eigenvalue weighted by Gasteiger charge is -2.41. The van der Waals surface area contributed by atoms with E-state index in [-0.39, 0.29) is 26.4 Å². The number of ether oxygens (including phenoxy) is 2. The molecule has 1 saturated heterocycles. The third kappa shape index (κ3) is 7.66. The van der Waals surface area contributed by atoms with Crippen LogP contribution in [0.2, 0.25) is 25.7 Å². The van der Waals surface area contributed by atoms with Crippen LogP contribution in [0.15, 0.2) is 42.6 Å². The Bertz CT molecular complexity index is 1350. The zero-order valence-electron chi connectivity index (χ0n) is 23.8. The summed E-state index contributed by atoms with van der Waals surface area (Å²) in [4.78, 5) is 12.8. The molecule has 0 radical (unpaired) electrons. The zero-order chi connectivity index (χ0) is 30.0. The van der Waals surface area contributed by atoms with E-state index < -0.39 is 43.2 Å². The number of aromatic nitrogens is 2. The van der Waals surface area contributed by atoms with E-state index in [2.05, 4.69) is 24.7 Å². The number of halogens is 4. The van der Waals surface area contributed by atoms with Crippen LogP contribution in [0.25, 0.3) is 10.9 Å². The van der Waals surface area contributed by atoms with Gasteiger partial charge in [-0.3, -0.25) is 0 Å². The number of hydrogen-bond acceptors (Lipinski definition) is 4. The van der Waals surface area contributed by atoms with Gasteiger partial charge >= 0.3 is 12.3 Å². The summed E-state index contributed by atoms with van der Waals surface area (Å²) in [5.74, 6) is -0.396. The number of benzene rings is 2. The van der Waals surface area contributed by atoms with Gasteiger partial charge in [0.25, 0.3) is 0 Å². The number of rotatable bonds is 10. The van der Waals surface area contributed by atoms with Gasteiger partial charge in [0.1, 0.15) is 12.5 Å². The summed E-state index contributed by atoms with van der Waals surface area (Å²) in [5, 5.41) is 14.3. The molecule has 1 amide bonds. The number of carbonyl (C=O) groups is 1. The number of likely N-dealkylation sites (tertiary alicyclic amines) is 1. The molecular weight excluding hydrogens is 558 g/mol. The Balaban J connectivity index is 1.59. The molecule has 1 atom stereocenters. The fraction of sp³-hybridized carbons (Fsp3) is 0.517. The van der Waals surface area contributed by atoms with Gasteiger partial charge in [0.2, 0.25) is 0 Å². The molecule has 1 aliphatic rings. The van der Waals surface area contributed by atoms with Crippen molar-refractivity contribution in [3.63, 3.8) is 0 Å². The van der Waals surface area contributed by atoms with Crippen LogP contribution >= 0.6 is 0 Å². The van der Waals surface area contributed by atoms with Crippen LogP contribution < -0.4 is 0 Å². The highest BCUT2D eigenvalue weighted by molar-refractivity contribution is 6.76. The van der Waals surface area contributed by atoms with Crippen LogP contribution in [0.1, 0.15) is 42.6 Å². The van der Waals surface area contributed by atoms with Crippen LogP contribution in [0.4, 0.5) is 22.4 Å². The molecule has 1 N–H and O–H groups in total. The first-order valence-electron chi connectivity index (χ1n) is 13.7. The van der Waals surface area contributed by atoms with E-state index in [1.807, 2.05) is 0 Å². The number of carboxylic acid groups (broad SMARTS) is 1. The third-order valence-electron chi connectivity index (χ3n) is 7.73. The number of fused-ring (bicyclic) bond motifs is 1. The Labute approximate surface area is 238 Å². The second-order valence-corrected chi connectivity index (χ2v) is 17.6. The smallest absolute Gasteiger partial charge is 0.416 e. The quantitative estimate of drug-likeness (QED) is 0.151. The highest BCUT2D eigenvalue weighted by atomic mass is 28.3. The molecule has 1 unspecified atom stereocenters. The van der Waals surface area contributed by atoms with Crippen molar-refractivity contribution in [3.8, 4) is 0 Å². The second-order valence-electron chi connectivity index (χ2n) is 12.0. The summed E-state index contributed by atoms with van der Waals surface area (Å²) >= 11 is 0. The molecule has 4 rings (SSSR count). The van der Waals surface area contributed by atoms with Crippen molar-refractivity contribution in [3.05, 3.63) is 65.1 Å². The molecule has 0 bridgehead atoms.